The van der Waals surface area contributed by atoms with Crippen LogP contribution in [0.2, 0.25) is 0 Å². The summed E-state index contributed by atoms with van der Waals surface area (Å²) < 4.78 is 0. The highest BCUT2D eigenvalue weighted by atomic mass is 16.7. The smallest absolute Gasteiger partial charge is 0.307 e. The summed E-state index contributed by atoms with van der Waals surface area (Å²) in [7, 11) is 0. The zero-order chi connectivity index (χ0) is 13.0. The van der Waals surface area contributed by atoms with Gasteiger partial charge in [-0.25, -0.2) is 10.1 Å². The third-order valence-electron chi connectivity index (χ3n) is 1.93. The molecule has 90 valence electrons. The Balaban J connectivity index is 2.96. The summed E-state index contributed by atoms with van der Waals surface area (Å²) in [5.41, 5.74) is 5.66. The molecule has 0 fully saturated rings. The second kappa shape index (κ2) is 4.92. The molecule has 0 spiro atoms. The first-order valence-electron chi connectivity index (χ1n) is 4.51. The Morgan fingerprint density at radius 2 is 2.00 bits per heavy atom. The van der Waals surface area contributed by atoms with Crippen molar-refractivity contribution >= 4 is 17.6 Å². The monoisotopic (exact) mass is 238 g/mol. The van der Waals surface area contributed by atoms with Gasteiger partial charge >= 0.3 is 5.97 Å². The van der Waals surface area contributed by atoms with Crippen molar-refractivity contribution in [1.29, 1.82) is 5.41 Å². The van der Waals surface area contributed by atoms with E-state index in [0.717, 1.165) is 0 Å². The van der Waals surface area contributed by atoms with Gasteiger partial charge in [0.2, 0.25) is 0 Å². The van der Waals surface area contributed by atoms with E-state index in [2.05, 4.69) is 0 Å². The van der Waals surface area contributed by atoms with Gasteiger partial charge in [0.05, 0.1) is 6.42 Å². The molecule has 0 atom stereocenters. The Hall–Kier alpha value is -2.64. The minimum atomic E-state index is -0.990. The van der Waals surface area contributed by atoms with Gasteiger partial charge in [-0.2, -0.15) is 0 Å². The maximum atomic E-state index is 10.6. The lowest BCUT2D eigenvalue weighted by atomic mass is 10.1. The molecule has 1 aromatic carbocycles. The van der Waals surface area contributed by atoms with Crippen LogP contribution in [0.1, 0.15) is 5.56 Å². The van der Waals surface area contributed by atoms with Crippen LogP contribution >= 0.6 is 0 Å². The number of nitrogens with zero attached hydrogens (tertiary/aromatic N) is 2. The third-order valence-corrected chi connectivity index (χ3v) is 1.93. The van der Waals surface area contributed by atoms with Gasteiger partial charge in [-0.05, 0) is 22.7 Å². The van der Waals surface area contributed by atoms with E-state index in [1.165, 1.54) is 24.3 Å². The van der Waals surface area contributed by atoms with Gasteiger partial charge in [0, 0.05) is 0 Å². The maximum Gasteiger partial charge on any atom is 0.307 e. The molecule has 1 rings (SSSR count). The first-order chi connectivity index (χ1) is 7.91. The van der Waals surface area contributed by atoms with Crippen LogP contribution in [0.4, 0.5) is 5.69 Å². The number of carboxylic acids is 1. The van der Waals surface area contributed by atoms with Crippen molar-refractivity contribution < 1.29 is 14.9 Å². The number of hydrogen-bond acceptors (Lipinski definition) is 4. The molecule has 4 N–H and O–H groups in total. The molecule has 0 aliphatic heterocycles. The Kier molecular flexibility index (Phi) is 3.60. The van der Waals surface area contributed by atoms with E-state index < -0.39 is 17.0 Å². The quantitative estimate of drug-likeness (QED) is 0.297. The normalized spacial score (nSPS) is 9.65. The van der Waals surface area contributed by atoms with Gasteiger partial charge in [-0.15, -0.1) is 0 Å². The Bertz CT molecular complexity index is 443. The summed E-state index contributed by atoms with van der Waals surface area (Å²) in [5, 5.41) is 25.8. The van der Waals surface area contributed by atoms with Crippen LogP contribution in [0.3, 0.4) is 0 Å². The molecule has 0 heterocycles. The molecular weight excluding hydrogens is 228 g/mol. The summed E-state index contributed by atoms with van der Waals surface area (Å²) in [6.07, 6.45) is -0.168. The number of guanidine groups is 1. The first kappa shape index (κ1) is 12.4. The Morgan fingerprint density at radius 1 is 1.47 bits per heavy atom. The number of benzene rings is 1. The van der Waals surface area contributed by atoms with Crippen molar-refractivity contribution in [3.8, 4) is 0 Å². The fraction of sp³-hybridized carbons (Fsp3) is 0.111. The van der Waals surface area contributed by atoms with Gasteiger partial charge in [0.25, 0.3) is 5.96 Å². The number of nitrogens with two attached hydrogens (primary N) is 1. The number of nitrogens with one attached hydrogen (secondary N) is 1. The van der Waals surface area contributed by atoms with Gasteiger partial charge < -0.3 is 10.8 Å². The highest BCUT2D eigenvalue weighted by molar-refractivity contribution is 5.90. The molecule has 1 aromatic rings. The fourth-order valence-corrected chi connectivity index (χ4v) is 1.25. The first-order valence-corrected chi connectivity index (χ1v) is 4.51. The van der Waals surface area contributed by atoms with E-state index in [1.807, 2.05) is 0 Å². The average molecular weight is 238 g/mol. The van der Waals surface area contributed by atoms with Crippen LogP contribution in [-0.2, 0) is 11.2 Å². The van der Waals surface area contributed by atoms with E-state index in [9.17, 15) is 14.9 Å². The molecule has 0 bridgehead atoms. The van der Waals surface area contributed by atoms with Crippen molar-refractivity contribution in [3.05, 3.63) is 39.9 Å². The molecule has 0 saturated heterocycles. The topological polar surface area (TPSA) is 134 Å². The number of carbonyl (C=O) groups is 1. The number of carboxylic acid groups (broad SMARTS) is 1. The van der Waals surface area contributed by atoms with E-state index in [-0.39, 0.29) is 12.1 Å². The summed E-state index contributed by atoms with van der Waals surface area (Å²) in [6.45, 7) is 0. The zero-order valence-electron chi connectivity index (χ0n) is 8.66. The summed E-state index contributed by atoms with van der Waals surface area (Å²) in [5.74, 6) is -1.71. The van der Waals surface area contributed by atoms with E-state index >= 15 is 0 Å². The number of hydrogen-bond donors (Lipinski definition) is 3. The molecule has 17 heavy (non-hydrogen) atoms. The number of nitro groups is 1. The minimum absolute atomic E-state index is 0.0941. The summed E-state index contributed by atoms with van der Waals surface area (Å²) in [4.78, 5) is 21.1. The van der Waals surface area contributed by atoms with Crippen molar-refractivity contribution in [3.63, 3.8) is 0 Å². The molecule has 0 unspecified atom stereocenters. The predicted octanol–water partition coefficient (Wildman–Crippen LogP) is 0.205. The highest BCUT2D eigenvalue weighted by Gasteiger charge is 2.20. The van der Waals surface area contributed by atoms with E-state index in [0.29, 0.717) is 10.6 Å². The number of hydrazine groups is 1. The van der Waals surface area contributed by atoms with Gasteiger partial charge in [0.15, 0.2) is 5.03 Å². The molecule has 0 aliphatic rings. The van der Waals surface area contributed by atoms with E-state index in [1.54, 1.807) is 0 Å². The standard InChI is InChI=1S/C9H10N4O4/c10-9(11)12(13(16)17)7-3-1-6(2-4-7)5-8(14)15/h1-4H,5H2,(H3,10,11)(H,14,15). The molecule has 0 amide bonds. The Labute approximate surface area is 95.9 Å². The SMILES string of the molecule is N=C(N)N(c1ccc(CC(=O)O)cc1)[N+](=O)[O-]. The van der Waals surface area contributed by atoms with Gasteiger partial charge in [-0.1, -0.05) is 12.1 Å². The molecule has 8 nitrogen and oxygen atoms in total. The number of rotatable bonds is 4. The average Bonchev–Trinajstić information content (AvgIpc) is 2.18. The highest BCUT2D eigenvalue weighted by Crippen LogP contribution is 2.15. The maximum absolute atomic E-state index is 10.6. The van der Waals surface area contributed by atoms with Crippen LogP contribution in [0.5, 0.6) is 0 Å². The predicted molar refractivity (Wildman–Crippen MR) is 59.2 cm³/mol. The lowest BCUT2D eigenvalue weighted by Crippen LogP contribution is -2.40. The second-order valence-electron chi connectivity index (χ2n) is 3.17. The van der Waals surface area contributed by atoms with Crippen LogP contribution in [0.25, 0.3) is 0 Å². The number of anilines is 1. The Morgan fingerprint density at radius 3 is 2.35 bits per heavy atom. The summed E-state index contributed by atoms with van der Waals surface area (Å²) in [6, 6.07) is 5.54. The lowest BCUT2D eigenvalue weighted by Gasteiger charge is -2.11. The van der Waals surface area contributed by atoms with Gasteiger partial charge in [-0.3, -0.25) is 10.2 Å². The molecular formula is C9H10N4O4. The van der Waals surface area contributed by atoms with Crippen molar-refractivity contribution in [2.45, 2.75) is 6.42 Å². The van der Waals surface area contributed by atoms with Crippen molar-refractivity contribution in [2.75, 3.05) is 5.01 Å². The lowest BCUT2D eigenvalue weighted by molar-refractivity contribution is -0.479. The second-order valence-corrected chi connectivity index (χ2v) is 3.17. The zero-order valence-corrected chi connectivity index (χ0v) is 8.66. The number of aliphatic carboxylic acids is 1. The molecule has 8 heteroatoms. The van der Waals surface area contributed by atoms with Crippen LogP contribution in [0.15, 0.2) is 24.3 Å². The molecule has 0 aliphatic carbocycles. The summed E-state index contributed by atoms with van der Waals surface area (Å²) >= 11 is 0. The van der Waals surface area contributed by atoms with Crippen molar-refractivity contribution in [1.82, 2.24) is 0 Å². The third kappa shape index (κ3) is 3.16. The molecule has 0 saturated carbocycles. The minimum Gasteiger partial charge on any atom is -0.481 e. The van der Waals surface area contributed by atoms with Crippen molar-refractivity contribution in [2.24, 2.45) is 5.73 Å². The van der Waals surface area contributed by atoms with E-state index in [4.69, 9.17) is 16.2 Å². The molecule has 0 radical (unpaired) electrons. The largest absolute Gasteiger partial charge is 0.481 e. The van der Waals surface area contributed by atoms with Gasteiger partial charge in [0.1, 0.15) is 5.69 Å². The van der Waals surface area contributed by atoms with Crippen LogP contribution < -0.4 is 10.7 Å². The molecule has 0 aromatic heterocycles. The fourth-order valence-electron chi connectivity index (χ4n) is 1.25. The van der Waals surface area contributed by atoms with Crippen LogP contribution in [0, 0.1) is 15.5 Å². The van der Waals surface area contributed by atoms with Crippen LogP contribution in [-0.4, -0.2) is 22.1 Å².